The molecule has 148 valence electrons. The van der Waals surface area contributed by atoms with Gasteiger partial charge in [-0.15, -0.1) is 0 Å². The van der Waals surface area contributed by atoms with E-state index >= 15 is 0 Å². The average molecular weight is 385 g/mol. The van der Waals surface area contributed by atoms with Gasteiger partial charge in [-0.1, -0.05) is 0 Å². The molecular weight excluding hydrogens is 362 g/mol. The Morgan fingerprint density at radius 3 is 2.89 bits per heavy atom. The van der Waals surface area contributed by atoms with Crippen molar-refractivity contribution in [3.63, 3.8) is 0 Å². The number of ether oxygens (including phenoxy) is 1. The fourth-order valence-electron chi connectivity index (χ4n) is 2.60. The zero-order valence-electron chi connectivity index (χ0n) is 15.5. The molecule has 2 aromatic heterocycles. The number of aromatic nitrogens is 3. The number of carbonyl (C=O) groups is 2. The van der Waals surface area contributed by atoms with Gasteiger partial charge in [0.15, 0.2) is 17.3 Å². The van der Waals surface area contributed by atoms with Gasteiger partial charge in [-0.2, -0.15) is 0 Å². The number of nitrogens with two attached hydrogens (primary N) is 2. The zero-order chi connectivity index (χ0) is 20.1. The standard InChI is InChI=1S/C18H23N7O3/c1-11(6-8-26)25(20)14-10-22-16(17(19)27)18(24-14)23-12-5-7-21-15(9-12)28-13-3-2-4-13/h5,7-11,13H,2-4,6,20H2,1H3,(H2,19,27)(H,21,23,24)/t11-/m1/s1. The number of rotatable bonds is 9. The number of nitrogens with one attached hydrogen (secondary N) is 1. The largest absolute Gasteiger partial charge is 0.474 e. The van der Waals surface area contributed by atoms with Crippen molar-refractivity contribution in [1.82, 2.24) is 15.0 Å². The van der Waals surface area contributed by atoms with E-state index in [1.807, 2.05) is 0 Å². The van der Waals surface area contributed by atoms with Crippen LogP contribution in [0.15, 0.2) is 24.5 Å². The van der Waals surface area contributed by atoms with E-state index in [0.717, 1.165) is 25.5 Å². The molecule has 0 unspecified atom stereocenters. The van der Waals surface area contributed by atoms with Gasteiger partial charge >= 0.3 is 0 Å². The maximum atomic E-state index is 11.7. The van der Waals surface area contributed by atoms with Gasteiger partial charge in [-0.05, 0) is 32.3 Å². The molecule has 0 aromatic carbocycles. The number of amides is 1. The van der Waals surface area contributed by atoms with Gasteiger partial charge in [0.2, 0.25) is 5.88 Å². The quantitative estimate of drug-likeness (QED) is 0.330. The van der Waals surface area contributed by atoms with E-state index in [9.17, 15) is 9.59 Å². The molecule has 1 aliphatic carbocycles. The number of nitrogens with zero attached hydrogens (tertiary/aromatic N) is 4. The van der Waals surface area contributed by atoms with Crippen molar-refractivity contribution in [2.24, 2.45) is 11.6 Å². The molecular formula is C18H23N7O3. The van der Waals surface area contributed by atoms with E-state index < -0.39 is 5.91 Å². The van der Waals surface area contributed by atoms with Crippen LogP contribution in [0, 0.1) is 0 Å². The number of pyridine rings is 1. The van der Waals surface area contributed by atoms with Crippen LogP contribution in [-0.2, 0) is 4.79 Å². The van der Waals surface area contributed by atoms with Crippen LogP contribution in [0.2, 0.25) is 0 Å². The van der Waals surface area contributed by atoms with E-state index in [1.165, 1.54) is 11.2 Å². The van der Waals surface area contributed by atoms with Crippen molar-refractivity contribution in [2.45, 2.75) is 44.8 Å². The van der Waals surface area contributed by atoms with E-state index in [0.29, 0.717) is 17.4 Å². The Morgan fingerprint density at radius 2 is 2.25 bits per heavy atom. The Balaban J connectivity index is 1.84. The first-order chi connectivity index (χ1) is 13.5. The number of aldehydes is 1. The molecule has 0 radical (unpaired) electrons. The third-order valence-corrected chi connectivity index (χ3v) is 4.51. The Labute approximate surface area is 162 Å². The first kappa shape index (κ1) is 19.5. The SMILES string of the molecule is C[C@H](CC=O)N(N)c1cnc(C(N)=O)c(Nc2ccnc(OC3CCC3)c2)n1. The summed E-state index contributed by atoms with van der Waals surface area (Å²) in [6, 6.07) is 3.14. The lowest BCUT2D eigenvalue weighted by atomic mass is 9.96. The molecule has 3 rings (SSSR count). The summed E-state index contributed by atoms with van der Waals surface area (Å²) in [5.74, 6) is 6.21. The van der Waals surface area contributed by atoms with Crippen molar-refractivity contribution in [1.29, 1.82) is 0 Å². The third kappa shape index (κ3) is 4.52. The summed E-state index contributed by atoms with van der Waals surface area (Å²) < 4.78 is 5.79. The molecule has 1 fully saturated rings. The van der Waals surface area contributed by atoms with Crippen molar-refractivity contribution >= 4 is 29.5 Å². The van der Waals surface area contributed by atoms with Crippen molar-refractivity contribution in [3.05, 3.63) is 30.2 Å². The second kappa shape index (κ2) is 8.61. The highest BCUT2D eigenvalue weighted by atomic mass is 16.5. The van der Waals surface area contributed by atoms with E-state index in [2.05, 4.69) is 20.3 Å². The van der Waals surface area contributed by atoms with Crippen molar-refractivity contribution in [2.75, 3.05) is 10.3 Å². The summed E-state index contributed by atoms with van der Waals surface area (Å²) in [5.41, 5.74) is 6.00. The number of anilines is 3. The molecule has 0 spiro atoms. The highest BCUT2D eigenvalue weighted by molar-refractivity contribution is 5.96. The molecule has 28 heavy (non-hydrogen) atoms. The predicted octanol–water partition coefficient (Wildman–Crippen LogP) is 1.30. The lowest BCUT2D eigenvalue weighted by molar-refractivity contribution is -0.108. The molecule has 0 bridgehead atoms. The summed E-state index contributed by atoms with van der Waals surface area (Å²) >= 11 is 0. The Hall–Kier alpha value is -3.27. The van der Waals surface area contributed by atoms with Gasteiger partial charge in [0.1, 0.15) is 12.4 Å². The molecule has 0 saturated heterocycles. The van der Waals surface area contributed by atoms with Crippen molar-refractivity contribution < 1.29 is 14.3 Å². The highest BCUT2D eigenvalue weighted by Gasteiger charge is 2.20. The first-order valence-electron chi connectivity index (χ1n) is 9.02. The van der Waals surface area contributed by atoms with Gasteiger partial charge in [0.25, 0.3) is 5.91 Å². The first-order valence-corrected chi connectivity index (χ1v) is 9.02. The van der Waals surface area contributed by atoms with Gasteiger partial charge < -0.3 is 20.6 Å². The molecule has 1 aliphatic rings. The maximum absolute atomic E-state index is 11.7. The van der Waals surface area contributed by atoms with Gasteiger partial charge in [-0.25, -0.2) is 20.8 Å². The molecule has 1 amide bonds. The Kier molecular flexibility index (Phi) is 5.99. The second-order valence-corrected chi connectivity index (χ2v) is 6.63. The number of hydrazine groups is 1. The molecule has 0 aliphatic heterocycles. The minimum Gasteiger partial charge on any atom is -0.474 e. The van der Waals surface area contributed by atoms with Crippen LogP contribution >= 0.6 is 0 Å². The third-order valence-electron chi connectivity index (χ3n) is 4.51. The van der Waals surface area contributed by atoms with Crippen molar-refractivity contribution in [3.8, 4) is 5.88 Å². The van der Waals surface area contributed by atoms with Gasteiger partial charge in [0.05, 0.1) is 12.2 Å². The summed E-state index contributed by atoms with van der Waals surface area (Å²) in [6.07, 6.45) is 7.32. The number of hydrogen-bond acceptors (Lipinski definition) is 9. The normalized spacial score (nSPS) is 14.6. The second-order valence-electron chi connectivity index (χ2n) is 6.63. The van der Waals surface area contributed by atoms with Crippen LogP contribution in [0.25, 0.3) is 0 Å². The molecule has 2 aromatic rings. The van der Waals surface area contributed by atoms with Crippen LogP contribution in [0.4, 0.5) is 17.3 Å². The van der Waals surface area contributed by atoms with E-state index in [-0.39, 0.29) is 30.1 Å². The summed E-state index contributed by atoms with van der Waals surface area (Å²) in [7, 11) is 0. The topological polar surface area (TPSA) is 149 Å². The summed E-state index contributed by atoms with van der Waals surface area (Å²) in [4.78, 5) is 35.1. The monoisotopic (exact) mass is 385 g/mol. The zero-order valence-corrected chi connectivity index (χ0v) is 15.5. The lowest BCUT2D eigenvalue weighted by Crippen LogP contribution is -2.40. The number of carbonyl (C=O) groups excluding carboxylic acids is 2. The van der Waals surface area contributed by atoms with Crippen LogP contribution in [0.5, 0.6) is 5.88 Å². The van der Waals surface area contributed by atoms with Crippen LogP contribution in [0.1, 0.15) is 43.1 Å². The highest BCUT2D eigenvalue weighted by Crippen LogP contribution is 2.27. The minimum absolute atomic E-state index is 0.0292. The number of hydrogen-bond donors (Lipinski definition) is 3. The van der Waals surface area contributed by atoms with Crippen LogP contribution in [0.3, 0.4) is 0 Å². The molecule has 1 saturated carbocycles. The maximum Gasteiger partial charge on any atom is 0.271 e. The van der Waals surface area contributed by atoms with Crippen LogP contribution < -0.4 is 26.6 Å². The molecule has 2 heterocycles. The van der Waals surface area contributed by atoms with Gasteiger partial charge in [-0.3, -0.25) is 9.80 Å². The van der Waals surface area contributed by atoms with E-state index in [1.54, 1.807) is 25.3 Å². The average Bonchev–Trinajstić information content (AvgIpc) is 2.64. The fraction of sp³-hybridized carbons (Fsp3) is 0.389. The smallest absolute Gasteiger partial charge is 0.271 e. The summed E-state index contributed by atoms with van der Waals surface area (Å²) in [5, 5.41) is 4.34. The molecule has 5 N–H and O–H groups in total. The Bertz CT molecular complexity index is 857. The molecule has 10 heteroatoms. The predicted molar refractivity (Wildman–Crippen MR) is 103 cm³/mol. The Morgan fingerprint density at radius 1 is 1.46 bits per heavy atom. The minimum atomic E-state index is -0.731. The fourth-order valence-corrected chi connectivity index (χ4v) is 2.60. The van der Waals surface area contributed by atoms with Gasteiger partial charge in [0, 0.05) is 24.4 Å². The van der Waals surface area contributed by atoms with E-state index in [4.69, 9.17) is 16.3 Å². The molecule has 10 nitrogen and oxygen atoms in total. The van der Waals surface area contributed by atoms with Crippen LogP contribution in [-0.4, -0.2) is 39.3 Å². The molecule has 1 atom stereocenters. The number of primary amides is 1. The lowest BCUT2D eigenvalue weighted by Gasteiger charge is -2.26. The summed E-state index contributed by atoms with van der Waals surface area (Å²) in [6.45, 7) is 1.78.